The molecule has 0 spiro atoms. The maximum Gasteiger partial charge on any atom is 0.185 e. The van der Waals surface area contributed by atoms with Crippen molar-refractivity contribution in [3.05, 3.63) is 57.8 Å². The highest BCUT2D eigenvalue weighted by molar-refractivity contribution is 9.10. The summed E-state index contributed by atoms with van der Waals surface area (Å²) in [7, 11) is 2.92. The van der Waals surface area contributed by atoms with Crippen LogP contribution in [0.5, 0.6) is 17.2 Å². The highest BCUT2D eigenvalue weighted by Crippen LogP contribution is 2.37. The minimum absolute atomic E-state index is 0.0979. The van der Waals surface area contributed by atoms with Crippen LogP contribution in [0.2, 0.25) is 0 Å². The summed E-state index contributed by atoms with van der Waals surface area (Å²) < 4.78 is 30.1. The Hall–Kier alpha value is -2.34. The molecule has 132 valence electrons. The number of rotatable bonds is 7. The Kier molecular flexibility index (Phi) is 6.58. The maximum atomic E-state index is 13.7. The highest BCUT2D eigenvalue weighted by atomic mass is 79.9. The Bertz CT molecular complexity index is 802. The van der Waals surface area contributed by atoms with Crippen LogP contribution in [0.15, 0.2) is 40.9 Å². The Morgan fingerprint density at radius 2 is 1.88 bits per heavy atom. The van der Waals surface area contributed by atoms with E-state index in [1.165, 1.54) is 25.3 Å². The molecule has 2 aromatic rings. The number of hydrogen-bond donors (Lipinski definition) is 0. The normalized spacial score (nSPS) is 10.8. The van der Waals surface area contributed by atoms with Crippen molar-refractivity contribution < 1.29 is 23.4 Å². The average molecular weight is 409 g/mol. The largest absolute Gasteiger partial charge is 0.494 e. The van der Waals surface area contributed by atoms with E-state index < -0.39 is 5.82 Å². The smallest absolute Gasteiger partial charge is 0.185 e. The average Bonchev–Trinajstić information content (AvgIpc) is 2.61. The van der Waals surface area contributed by atoms with Crippen molar-refractivity contribution in [2.75, 3.05) is 20.8 Å². The van der Waals surface area contributed by atoms with Crippen molar-refractivity contribution in [2.24, 2.45) is 0 Å². The fourth-order valence-corrected chi connectivity index (χ4v) is 2.78. The van der Waals surface area contributed by atoms with Gasteiger partial charge in [0.25, 0.3) is 0 Å². The summed E-state index contributed by atoms with van der Waals surface area (Å²) in [6.45, 7) is 2.39. The summed E-state index contributed by atoms with van der Waals surface area (Å²) in [5.74, 6) is 0.364. The van der Waals surface area contributed by atoms with Crippen molar-refractivity contribution >= 4 is 27.8 Å². The topological polar surface area (TPSA) is 44.8 Å². The number of benzene rings is 2. The van der Waals surface area contributed by atoms with Gasteiger partial charge < -0.3 is 14.2 Å². The fourth-order valence-electron chi connectivity index (χ4n) is 2.21. The predicted molar refractivity (Wildman–Crippen MR) is 98.2 cm³/mol. The van der Waals surface area contributed by atoms with Crippen molar-refractivity contribution in [3.8, 4) is 17.2 Å². The molecular formula is C19H18BrFO4. The minimum atomic E-state index is -0.577. The SMILES string of the molecule is CCOc1c(Br)cc(/C=C/C(=O)c2ccc(OC)c(F)c2)cc1OC. The van der Waals surface area contributed by atoms with Crippen LogP contribution >= 0.6 is 15.9 Å². The van der Waals surface area contributed by atoms with Crippen LogP contribution < -0.4 is 14.2 Å². The van der Waals surface area contributed by atoms with Gasteiger partial charge in [-0.05, 0) is 64.8 Å². The van der Waals surface area contributed by atoms with Crippen LogP contribution in [-0.2, 0) is 0 Å². The van der Waals surface area contributed by atoms with Gasteiger partial charge in [0.05, 0.1) is 25.3 Å². The summed E-state index contributed by atoms with van der Waals surface area (Å²) in [5.41, 5.74) is 0.987. The van der Waals surface area contributed by atoms with Gasteiger partial charge in [0.1, 0.15) is 0 Å². The molecule has 4 nitrogen and oxygen atoms in total. The molecule has 0 aromatic heterocycles. The number of hydrogen-bond acceptors (Lipinski definition) is 4. The number of ether oxygens (including phenoxy) is 3. The van der Waals surface area contributed by atoms with E-state index >= 15 is 0 Å². The van der Waals surface area contributed by atoms with Crippen molar-refractivity contribution in [3.63, 3.8) is 0 Å². The predicted octanol–water partition coefficient (Wildman–Crippen LogP) is 4.90. The molecule has 0 aliphatic carbocycles. The second-order valence-corrected chi connectivity index (χ2v) is 5.87. The van der Waals surface area contributed by atoms with Gasteiger partial charge in [-0.1, -0.05) is 6.08 Å². The molecule has 2 rings (SSSR count). The van der Waals surface area contributed by atoms with Gasteiger partial charge in [0.2, 0.25) is 0 Å². The van der Waals surface area contributed by atoms with E-state index in [0.29, 0.717) is 18.1 Å². The molecule has 0 radical (unpaired) electrons. The van der Waals surface area contributed by atoms with Crippen LogP contribution in [0.25, 0.3) is 6.08 Å². The molecule has 0 N–H and O–H groups in total. The molecule has 0 unspecified atom stereocenters. The first kappa shape index (κ1) is 19.0. The van der Waals surface area contributed by atoms with Crippen LogP contribution in [0, 0.1) is 5.82 Å². The molecule has 0 saturated heterocycles. The van der Waals surface area contributed by atoms with Crippen molar-refractivity contribution in [1.29, 1.82) is 0 Å². The van der Waals surface area contributed by atoms with Gasteiger partial charge in [-0.3, -0.25) is 4.79 Å². The van der Waals surface area contributed by atoms with Crippen LogP contribution in [-0.4, -0.2) is 26.6 Å². The zero-order valence-corrected chi connectivity index (χ0v) is 15.7. The Balaban J connectivity index is 2.25. The third-order valence-electron chi connectivity index (χ3n) is 3.40. The zero-order valence-electron chi connectivity index (χ0n) is 14.1. The molecular weight excluding hydrogens is 391 g/mol. The minimum Gasteiger partial charge on any atom is -0.494 e. The Morgan fingerprint density at radius 1 is 1.16 bits per heavy atom. The van der Waals surface area contributed by atoms with E-state index in [1.807, 2.05) is 13.0 Å². The molecule has 0 heterocycles. The van der Waals surface area contributed by atoms with Gasteiger partial charge >= 0.3 is 0 Å². The number of carbonyl (C=O) groups is 1. The zero-order chi connectivity index (χ0) is 18.4. The highest BCUT2D eigenvalue weighted by Gasteiger charge is 2.11. The number of allylic oxidation sites excluding steroid dienone is 1. The van der Waals surface area contributed by atoms with Crippen LogP contribution in [0.1, 0.15) is 22.8 Å². The molecule has 2 aromatic carbocycles. The van der Waals surface area contributed by atoms with E-state index in [4.69, 9.17) is 14.2 Å². The van der Waals surface area contributed by atoms with E-state index in [-0.39, 0.29) is 17.1 Å². The number of carbonyl (C=O) groups excluding carboxylic acids is 1. The van der Waals surface area contributed by atoms with Crippen molar-refractivity contribution in [1.82, 2.24) is 0 Å². The quantitative estimate of drug-likeness (QED) is 0.482. The lowest BCUT2D eigenvalue weighted by molar-refractivity contribution is 0.104. The first-order chi connectivity index (χ1) is 12.0. The van der Waals surface area contributed by atoms with E-state index in [9.17, 15) is 9.18 Å². The standard InChI is InChI=1S/C19H18BrFO4/c1-4-25-19-14(20)9-12(10-18(19)24-3)5-7-16(22)13-6-8-17(23-2)15(21)11-13/h5-11H,4H2,1-3H3/b7-5+. The van der Waals surface area contributed by atoms with Gasteiger partial charge in [0, 0.05) is 5.56 Å². The summed E-state index contributed by atoms with van der Waals surface area (Å²) in [4.78, 5) is 12.2. The molecule has 0 saturated carbocycles. The summed E-state index contributed by atoms with van der Waals surface area (Å²) in [6.07, 6.45) is 3.01. The van der Waals surface area contributed by atoms with E-state index in [0.717, 1.165) is 16.1 Å². The molecule has 0 fully saturated rings. The number of halogens is 2. The lowest BCUT2D eigenvalue weighted by Gasteiger charge is -2.12. The van der Waals surface area contributed by atoms with E-state index in [1.54, 1.807) is 19.3 Å². The summed E-state index contributed by atoms with van der Waals surface area (Å²) >= 11 is 3.43. The summed E-state index contributed by atoms with van der Waals surface area (Å²) in [6, 6.07) is 7.66. The lowest BCUT2D eigenvalue weighted by Crippen LogP contribution is -1.98. The third kappa shape index (κ3) is 4.60. The molecule has 25 heavy (non-hydrogen) atoms. The first-order valence-electron chi connectivity index (χ1n) is 7.56. The monoisotopic (exact) mass is 408 g/mol. The Morgan fingerprint density at radius 3 is 2.48 bits per heavy atom. The summed E-state index contributed by atoms with van der Waals surface area (Å²) in [5, 5.41) is 0. The number of ketones is 1. The molecule has 0 atom stereocenters. The second-order valence-electron chi connectivity index (χ2n) is 5.01. The third-order valence-corrected chi connectivity index (χ3v) is 3.99. The lowest BCUT2D eigenvalue weighted by atomic mass is 10.1. The second kappa shape index (κ2) is 8.67. The molecule has 0 aliphatic heterocycles. The van der Waals surface area contributed by atoms with Gasteiger partial charge in [0.15, 0.2) is 28.8 Å². The molecule has 0 aliphatic rings. The van der Waals surface area contributed by atoms with Gasteiger partial charge in [-0.15, -0.1) is 0 Å². The van der Waals surface area contributed by atoms with Crippen LogP contribution in [0.3, 0.4) is 0 Å². The molecule has 0 bridgehead atoms. The molecule has 0 amide bonds. The van der Waals surface area contributed by atoms with Gasteiger partial charge in [-0.2, -0.15) is 0 Å². The fraction of sp³-hybridized carbons (Fsp3) is 0.211. The van der Waals surface area contributed by atoms with Crippen molar-refractivity contribution in [2.45, 2.75) is 6.92 Å². The number of methoxy groups -OCH3 is 2. The maximum absolute atomic E-state index is 13.7. The van der Waals surface area contributed by atoms with Gasteiger partial charge in [-0.25, -0.2) is 4.39 Å². The van der Waals surface area contributed by atoms with E-state index in [2.05, 4.69) is 15.9 Å². The molecule has 6 heteroatoms. The van der Waals surface area contributed by atoms with Crippen LogP contribution in [0.4, 0.5) is 4.39 Å². The Labute approximate surface area is 154 Å². The first-order valence-corrected chi connectivity index (χ1v) is 8.35.